The summed E-state index contributed by atoms with van der Waals surface area (Å²) in [5.74, 6) is -2.53. The van der Waals surface area contributed by atoms with Crippen molar-refractivity contribution in [2.24, 2.45) is 0 Å². The number of carbonyl (C=O) groups is 4. The summed E-state index contributed by atoms with van der Waals surface area (Å²) in [6.45, 7) is 2.01. The van der Waals surface area contributed by atoms with E-state index in [1.807, 2.05) is 55.5 Å². The number of rotatable bonds is 8. The van der Waals surface area contributed by atoms with Gasteiger partial charge < -0.3 is 15.2 Å². The van der Waals surface area contributed by atoms with Gasteiger partial charge in [-0.15, -0.1) is 0 Å². The van der Waals surface area contributed by atoms with Crippen LogP contribution in [0, 0.1) is 0 Å². The standard InChI is InChI=1S/C23H25N3O6S/c1-2-33-12-11-19(24-21(28)22(29)30)20(27)25-26-23(31)32-13-18-16-9-5-3-7-14(16)15-8-4-6-10-17(15)18/h3-10,18-19H,2,11-13H2,1H3,(H,24,28)(H,25,27)(H,26,31)(H,29,30). The van der Waals surface area contributed by atoms with E-state index in [-0.39, 0.29) is 18.9 Å². The molecule has 1 aliphatic carbocycles. The zero-order valence-corrected chi connectivity index (χ0v) is 18.8. The van der Waals surface area contributed by atoms with Crippen molar-refractivity contribution in [3.63, 3.8) is 0 Å². The number of thioether (sulfide) groups is 1. The lowest BCUT2D eigenvalue weighted by atomic mass is 9.98. The fourth-order valence-electron chi connectivity index (χ4n) is 3.67. The lowest BCUT2D eigenvalue weighted by Gasteiger charge is -2.18. The zero-order valence-electron chi connectivity index (χ0n) is 18.0. The molecular formula is C23H25N3O6S. The molecule has 1 atom stereocenters. The van der Waals surface area contributed by atoms with E-state index < -0.39 is 29.9 Å². The number of fused-ring (bicyclic) bond motifs is 3. The van der Waals surface area contributed by atoms with Gasteiger partial charge in [0.15, 0.2) is 0 Å². The summed E-state index contributed by atoms with van der Waals surface area (Å²) in [5.41, 5.74) is 8.65. The highest BCUT2D eigenvalue weighted by molar-refractivity contribution is 7.99. The van der Waals surface area contributed by atoms with Crippen LogP contribution in [-0.2, 0) is 19.1 Å². The van der Waals surface area contributed by atoms with Crippen molar-refractivity contribution in [2.45, 2.75) is 25.3 Å². The number of hydrazine groups is 1. The van der Waals surface area contributed by atoms with Crippen LogP contribution in [0.25, 0.3) is 11.1 Å². The number of carbonyl (C=O) groups excluding carboxylic acids is 3. The van der Waals surface area contributed by atoms with Gasteiger partial charge in [0.25, 0.3) is 5.91 Å². The number of ether oxygens (including phenoxy) is 1. The highest BCUT2D eigenvalue weighted by atomic mass is 32.2. The van der Waals surface area contributed by atoms with E-state index in [0.717, 1.165) is 28.0 Å². The van der Waals surface area contributed by atoms with Crippen molar-refractivity contribution in [1.82, 2.24) is 16.2 Å². The molecule has 0 bridgehead atoms. The minimum atomic E-state index is -1.69. The molecule has 3 amide bonds. The summed E-state index contributed by atoms with van der Waals surface area (Å²) in [4.78, 5) is 46.9. The average Bonchev–Trinajstić information content (AvgIpc) is 3.14. The smallest absolute Gasteiger partial charge is 0.426 e. The van der Waals surface area contributed by atoms with Crippen molar-refractivity contribution in [1.29, 1.82) is 0 Å². The van der Waals surface area contributed by atoms with E-state index in [1.165, 1.54) is 11.8 Å². The van der Waals surface area contributed by atoms with Gasteiger partial charge in [-0.25, -0.2) is 15.0 Å². The van der Waals surface area contributed by atoms with Crippen molar-refractivity contribution in [3.8, 4) is 11.1 Å². The predicted molar refractivity (Wildman–Crippen MR) is 124 cm³/mol. The summed E-state index contributed by atoms with van der Waals surface area (Å²) < 4.78 is 5.34. The van der Waals surface area contributed by atoms with Crippen LogP contribution >= 0.6 is 11.8 Å². The third-order valence-corrected chi connectivity index (χ3v) is 6.14. The molecule has 2 aromatic rings. The number of hydrogen-bond acceptors (Lipinski definition) is 6. The van der Waals surface area contributed by atoms with Crippen LogP contribution in [0.2, 0.25) is 0 Å². The number of carboxylic acid groups (broad SMARTS) is 1. The van der Waals surface area contributed by atoms with Gasteiger partial charge in [-0.1, -0.05) is 55.5 Å². The van der Waals surface area contributed by atoms with Crippen molar-refractivity contribution in [3.05, 3.63) is 59.7 Å². The molecule has 0 saturated heterocycles. The van der Waals surface area contributed by atoms with Crippen LogP contribution < -0.4 is 16.2 Å². The maximum Gasteiger partial charge on any atom is 0.426 e. The first-order chi connectivity index (χ1) is 15.9. The van der Waals surface area contributed by atoms with Gasteiger partial charge in [-0.05, 0) is 40.2 Å². The summed E-state index contributed by atoms with van der Waals surface area (Å²) >= 11 is 1.53. The van der Waals surface area contributed by atoms with Crippen molar-refractivity contribution < 1.29 is 29.0 Å². The molecule has 10 heteroatoms. The molecular weight excluding hydrogens is 446 g/mol. The van der Waals surface area contributed by atoms with Gasteiger partial charge in [0.2, 0.25) is 0 Å². The van der Waals surface area contributed by atoms with Gasteiger partial charge >= 0.3 is 18.0 Å². The molecule has 3 rings (SSSR count). The van der Waals surface area contributed by atoms with Crippen LogP contribution in [-0.4, -0.2) is 53.1 Å². The maximum atomic E-state index is 12.4. The Labute approximate surface area is 195 Å². The highest BCUT2D eigenvalue weighted by Gasteiger charge is 2.29. The van der Waals surface area contributed by atoms with E-state index in [4.69, 9.17) is 9.84 Å². The Morgan fingerprint density at radius 1 is 1.00 bits per heavy atom. The third-order valence-electron chi connectivity index (χ3n) is 5.20. The quantitative estimate of drug-likeness (QED) is 0.264. The molecule has 0 radical (unpaired) electrons. The Kier molecular flexibility index (Phi) is 8.31. The first-order valence-corrected chi connectivity index (χ1v) is 11.6. The molecule has 1 aliphatic rings. The largest absolute Gasteiger partial charge is 0.474 e. The summed E-state index contributed by atoms with van der Waals surface area (Å²) in [6.07, 6.45) is -0.660. The summed E-state index contributed by atoms with van der Waals surface area (Å²) in [7, 11) is 0. The highest BCUT2D eigenvalue weighted by Crippen LogP contribution is 2.44. The Morgan fingerprint density at radius 3 is 2.18 bits per heavy atom. The Balaban J connectivity index is 1.55. The Bertz CT molecular complexity index is 999. The first kappa shape index (κ1) is 24.1. The minimum Gasteiger partial charge on any atom is -0.474 e. The lowest BCUT2D eigenvalue weighted by Crippen LogP contribution is -2.53. The number of benzene rings is 2. The SMILES string of the molecule is CCSCCC(NC(=O)C(=O)O)C(=O)NNC(=O)OCC1c2ccccc2-c2ccccc21. The molecule has 2 aromatic carbocycles. The molecule has 0 fully saturated rings. The topological polar surface area (TPSA) is 134 Å². The van der Waals surface area contributed by atoms with E-state index in [2.05, 4.69) is 16.2 Å². The maximum absolute atomic E-state index is 12.4. The lowest BCUT2D eigenvalue weighted by molar-refractivity contribution is -0.151. The van der Waals surface area contributed by atoms with Crippen molar-refractivity contribution in [2.75, 3.05) is 18.1 Å². The summed E-state index contributed by atoms with van der Waals surface area (Å²) in [5, 5.41) is 10.9. The van der Waals surface area contributed by atoms with Crippen LogP contribution in [0.4, 0.5) is 4.79 Å². The Morgan fingerprint density at radius 2 is 1.61 bits per heavy atom. The molecule has 174 valence electrons. The molecule has 0 heterocycles. The van der Waals surface area contributed by atoms with Gasteiger partial charge in [-0.2, -0.15) is 11.8 Å². The second kappa shape index (κ2) is 11.4. The van der Waals surface area contributed by atoms with E-state index >= 15 is 0 Å². The molecule has 33 heavy (non-hydrogen) atoms. The fraction of sp³-hybridized carbons (Fsp3) is 0.304. The molecule has 9 nitrogen and oxygen atoms in total. The monoisotopic (exact) mass is 471 g/mol. The number of nitrogens with one attached hydrogen (secondary N) is 3. The molecule has 4 N–H and O–H groups in total. The number of carboxylic acids is 1. The first-order valence-electron chi connectivity index (χ1n) is 10.4. The normalized spacial score (nSPS) is 12.8. The van der Waals surface area contributed by atoms with Crippen LogP contribution in [0.1, 0.15) is 30.4 Å². The minimum absolute atomic E-state index is 0.0715. The summed E-state index contributed by atoms with van der Waals surface area (Å²) in [6, 6.07) is 14.7. The van der Waals surface area contributed by atoms with Crippen LogP contribution in [0.15, 0.2) is 48.5 Å². The van der Waals surface area contributed by atoms with E-state index in [1.54, 1.807) is 0 Å². The molecule has 0 spiro atoms. The van der Waals surface area contributed by atoms with Gasteiger partial charge in [0.05, 0.1) is 0 Å². The number of aliphatic carboxylic acids is 1. The molecule has 0 aliphatic heterocycles. The van der Waals surface area contributed by atoms with Gasteiger partial charge in [0, 0.05) is 5.92 Å². The molecule has 0 saturated carbocycles. The average molecular weight is 472 g/mol. The molecule has 0 aromatic heterocycles. The van der Waals surface area contributed by atoms with E-state index in [9.17, 15) is 19.2 Å². The van der Waals surface area contributed by atoms with Crippen LogP contribution in [0.3, 0.4) is 0 Å². The second-order valence-corrected chi connectivity index (χ2v) is 8.65. The second-order valence-electron chi connectivity index (χ2n) is 7.26. The van der Waals surface area contributed by atoms with Gasteiger partial charge in [0.1, 0.15) is 12.6 Å². The third kappa shape index (κ3) is 6.04. The molecule has 1 unspecified atom stereocenters. The Hall–Kier alpha value is -3.53. The van der Waals surface area contributed by atoms with Crippen molar-refractivity contribution >= 4 is 35.6 Å². The fourth-order valence-corrected chi connectivity index (χ4v) is 4.36. The van der Waals surface area contributed by atoms with E-state index in [0.29, 0.717) is 5.75 Å². The van der Waals surface area contributed by atoms with Gasteiger partial charge in [-0.3, -0.25) is 15.0 Å². The number of amides is 3. The number of hydrogen-bond donors (Lipinski definition) is 4. The zero-order chi connectivity index (χ0) is 23.8. The van der Waals surface area contributed by atoms with Crippen LogP contribution in [0.5, 0.6) is 0 Å². The predicted octanol–water partition coefficient (Wildman–Crippen LogP) is 2.27.